The van der Waals surface area contributed by atoms with Gasteiger partial charge in [-0.2, -0.15) is 0 Å². The van der Waals surface area contributed by atoms with E-state index >= 15 is 0 Å². The van der Waals surface area contributed by atoms with Crippen molar-refractivity contribution >= 4 is 32.2 Å². The topological polar surface area (TPSA) is 136 Å². The van der Waals surface area contributed by atoms with E-state index in [9.17, 15) is 16.8 Å². The number of ether oxygens (including phenoxy) is 6. The van der Waals surface area contributed by atoms with E-state index in [0.29, 0.717) is 22.3 Å². The number of hydrogen-bond donors (Lipinski definition) is 1. The lowest BCUT2D eigenvalue weighted by Gasteiger charge is -2.13. The molecule has 13 heteroatoms. The monoisotopic (exact) mass is 529 g/mol. The van der Waals surface area contributed by atoms with E-state index in [1.54, 1.807) is 4.13 Å². The van der Waals surface area contributed by atoms with E-state index in [4.69, 9.17) is 28.4 Å². The van der Waals surface area contributed by atoms with E-state index < -0.39 is 20.0 Å². The van der Waals surface area contributed by atoms with Crippen molar-refractivity contribution in [3.63, 3.8) is 0 Å². The van der Waals surface area contributed by atoms with Crippen LogP contribution in [0, 0.1) is 0 Å². The van der Waals surface area contributed by atoms with Crippen molar-refractivity contribution in [1.82, 2.24) is 4.13 Å². The highest BCUT2D eigenvalue weighted by Gasteiger charge is 2.19. The number of sulfonamides is 2. The lowest BCUT2D eigenvalue weighted by molar-refractivity contribution is 0.374. The van der Waals surface area contributed by atoms with Gasteiger partial charge in [0.15, 0.2) is 0 Å². The average Bonchev–Trinajstić information content (AvgIpc) is 2.84. The van der Waals surface area contributed by atoms with Crippen LogP contribution >= 0.6 is 0 Å². The van der Waals surface area contributed by atoms with E-state index in [0.717, 1.165) is 12.2 Å². The van der Waals surface area contributed by atoms with Gasteiger partial charge in [-0.1, -0.05) is 0 Å². The Kier molecular flexibility index (Phi) is 9.40. The predicted octanol–water partition coefficient (Wildman–Crippen LogP) is 2.63. The summed E-state index contributed by atoms with van der Waals surface area (Å²) < 4.78 is 82.9. The van der Waals surface area contributed by atoms with Gasteiger partial charge in [-0.25, -0.2) is 16.8 Å². The van der Waals surface area contributed by atoms with Gasteiger partial charge < -0.3 is 28.4 Å². The number of hydrogen-bond acceptors (Lipinski definition) is 10. The van der Waals surface area contributed by atoms with Crippen molar-refractivity contribution < 1.29 is 45.3 Å². The normalized spacial score (nSPS) is 12.1. The maximum Gasteiger partial charge on any atom is 0.246 e. The Morgan fingerprint density at radius 1 is 0.543 bits per heavy atom. The van der Waals surface area contributed by atoms with Crippen LogP contribution in [0.25, 0.3) is 12.2 Å². The highest BCUT2D eigenvalue weighted by atomic mass is 32.3. The van der Waals surface area contributed by atoms with Gasteiger partial charge in [-0.3, -0.25) is 0 Å². The van der Waals surface area contributed by atoms with Crippen molar-refractivity contribution in [2.75, 3.05) is 42.7 Å². The molecule has 0 atom stereocenters. The number of rotatable bonds is 12. The predicted molar refractivity (Wildman–Crippen MR) is 131 cm³/mol. The number of benzene rings is 2. The second kappa shape index (κ2) is 11.8. The Balaban J connectivity index is 2.36. The van der Waals surface area contributed by atoms with Gasteiger partial charge in [0.25, 0.3) is 0 Å². The van der Waals surface area contributed by atoms with Crippen molar-refractivity contribution in [3.05, 3.63) is 46.2 Å². The summed E-state index contributed by atoms with van der Waals surface area (Å²) in [7, 11) is -0.448. The molecule has 0 radical (unpaired) electrons. The zero-order valence-electron chi connectivity index (χ0n) is 20.0. The first-order valence-electron chi connectivity index (χ1n) is 9.77. The first-order chi connectivity index (χ1) is 16.5. The largest absolute Gasteiger partial charge is 0.496 e. The second-order valence-corrected chi connectivity index (χ2v) is 10.1. The molecule has 2 aromatic rings. The van der Waals surface area contributed by atoms with Crippen LogP contribution in [0.4, 0.5) is 0 Å². The molecule has 11 nitrogen and oxygen atoms in total. The molecule has 2 aromatic carbocycles. The Labute approximate surface area is 205 Å². The maximum absolute atomic E-state index is 12.5. The molecule has 192 valence electrons. The SMILES string of the molecule is COc1cc(OC)c(/C=C\S(=O)(=O)NS(=O)(=O)/C=C/c2c(OC)cc(OC)cc2OC)c(OC)c1. The summed E-state index contributed by atoms with van der Waals surface area (Å²) in [5.74, 6) is 1.88. The molecule has 0 aliphatic carbocycles. The van der Waals surface area contributed by atoms with Gasteiger partial charge in [0.1, 0.15) is 34.5 Å². The fraction of sp³-hybridized carbons (Fsp3) is 0.273. The smallest absolute Gasteiger partial charge is 0.246 e. The highest BCUT2D eigenvalue weighted by molar-refractivity contribution is 8.07. The van der Waals surface area contributed by atoms with E-state index in [-0.39, 0.29) is 34.1 Å². The Morgan fingerprint density at radius 3 is 1.06 bits per heavy atom. The molecular formula is C22H27NO10S2. The van der Waals surface area contributed by atoms with Gasteiger partial charge in [0, 0.05) is 35.1 Å². The molecule has 0 aromatic heterocycles. The third kappa shape index (κ3) is 7.28. The minimum absolute atomic E-state index is 0.258. The van der Waals surface area contributed by atoms with E-state index in [1.807, 2.05) is 0 Å². The minimum Gasteiger partial charge on any atom is -0.496 e. The molecular weight excluding hydrogens is 502 g/mol. The minimum atomic E-state index is -4.44. The van der Waals surface area contributed by atoms with Gasteiger partial charge in [-0.15, -0.1) is 4.13 Å². The maximum atomic E-state index is 12.5. The van der Waals surface area contributed by atoms with Crippen LogP contribution < -0.4 is 32.5 Å². The average molecular weight is 530 g/mol. The standard InChI is InChI=1S/C22H27NO10S2/c1-28-15-11-19(30-3)17(20(12-15)31-4)7-9-34(24,25)23-35(26,27)10-8-18-21(32-5)13-16(29-2)14-22(18)33-6/h7-14,23H,1-6H3/b9-7-,10-8+. The summed E-state index contributed by atoms with van der Waals surface area (Å²) in [6.45, 7) is 0. The molecule has 0 heterocycles. The lowest BCUT2D eigenvalue weighted by Crippen LogP contribution is -2.27. The summed E-state index contributed by atoms with van der Waals surface area (Å²) in [6.07, 6.45) is 2.29. The summed E-state index contributed by atoms with van der Waals surface area (Å²) in [5, 5.41) is 1.36. The number of methoxy groups -OCH3 is 6. The summed E-state index contributed by atoms with van der Waals surface area (Å²) in [4.78, 5) is 0. The van der Waals surface area contributed by atoms with E-state index in [2.05, 4.69) is 0 Å². The molecule has 0 spiro atoms. The first-order valence-corrected chi connectivity index (χ1v) is 12.9. The molecule has 0 aliphatic rings. The second-order valence-electron chi connectivity index (χ2n) is 6.67. The van der Waals surface area contributed by atoms with Crippen LogP contribution in [0.3, 0.4) is 0 Å². The fourth-order valence-electron chi connectivity index (χ4n) is 2.93. The molecule has 1 N–H and O–H groups in total. The van der Waals surface area contributed by atoms with Gasteiger partial charge in [0.2, 0.25) is 20.0 Å². The van der Waals surface area contributed by atoms with Crippen LogP contribution in [0.2, 0.25) is 0 Å². The molecule has 0 amide bonds. The van der Waals surface area contributed by atoms with Crippen LogP contribution in [0.1, 0.15) is 11.1 Å². The third-order valence-electron chi connectivity index (χ3n) is 4.57. The first kappa shape index (κ1) is 27.8. The van der Waals surface area contributed by atoms with Crippen molar-refractivity contribution in [2.45, 2.75) is 0 Å². The van der Waals surface area contributed by atoms with Gasteiger partial charge >= 0.3 is 0 Å². The van der Waals surface area contributed by atoms with Gasteiger partial charge in [-0.05, 0) is 12.2 Å². The van der Waals surface area contributed by atoms with Crippen LogP contribution in [0.5, 0.6) is 34.5 Å². The molecule has 0 fully saturated rings. The number of nitrogens with one attached hydrogen (secondary N) is 1. The van der Waals surface area contributed by atoms with E-state index in [1.165, 1.54) is 66.9 Å². The van der Waals surface area contributed by atoms with Crippen LogP contribution in [0.15, 0.2) is 35.1 Å². The molecule has 0 saturated heterocycles. The van der Waals surface area contributed by atoms with Crippen LogP contribution in [-0.4, -0.2) is 59.5 Å². The highest BCUT2D eigenvalue weighted by Crippen LogP contribution is 2.36. The lowest BCUT2D eigenvalue weighted by atomic mass is 10.1. The fourth-order valence-corrected chi connectivity index (χ4v) is 5.30. The molecule has 0 saturated carbocycles. The Hall–Kier alpha value is -3.42. The van der Waals surface area contributed by atoms with Crippen molar-refractivity contribution in [3.8, 4) is 34.5 Å². The van der Waals surface area contributed by atoms with Crippen molar-refractivity contribution in [2.24, 2.45) is 0 Å². The van der Waals surface area contributed by atoms with Crippen LogP contribution in [-0.2, 0) is 20.0 Å². The summed E-state index contributed by atoms with van der Waals surface area (Å²) in [6, 6.07) is 6.10. The molecule has 0 unspecified atom stereocenters. The molecule has 2 rings (SSSR count). The quantitative estimate of drug-likeness (QED) is 0.437. The zero-order chi connectivity index (χ0) is 26.2. The van der Waals surface area contributed by atoms with Crippen molar-refractivity contribution in [1.29, 1.82) is 0 Å². The molecule has 0 bridgehead atoms. The molecule has 35 heavy (non-hydrogen) atoms. The zero-order valence-corrected chi connectivity index (χ0v) is 21.7. The molecule has 0 aliphatic heterocycles. The Bertz CT molecular complexity index is 1160. The summed E-state index contributed by atoms with van der Waals surface area (Å²) >= 11 is 0. The third-order valence-corrected chi connectivity index (χ3v) is 7.41. The Morgan fingerprint density at radius 2 is 0.829 bits per heavy atom. The summed E-state index contributed by atoms with van der Waals surface area (Å²) in [5.41, 5.74) is 0.531. The van der Waals surface area contributed by atoms with Gasteiger partial charge in [0.05, 0.1) is 53.8 Å².